The van der Waals surface area contributed by atoms with E-state index in [4.69, 9.17) is 0 Å². The van der Waals surface area contributed by atoms with E-state index >= 15 is 0 Å². The molecule has 0 saturated heterocycles. The molecule has 4 heteroatoms. The Balaban J connectivity index is -0.00000000500. The first-order chi connectivity index (χ1) is 1.00. The summed E-state index contributed by atoms with van der Waals surface area (Å²) in [5.41, 5.74) is 0. The number of hydrogen-bond acceptors (Lipinski definition) is 0. The van der Waals surface area contributed by atoms with Gasteiger partial charge < -0.3 is 0 Å². The largest absolute Gasteiger partial charge is 0.316 e. The minimum atomic E-state index is 0. The minimum absolute atomic E-state index is 0. The normalized spacial score (nSPS) is 2.00. The molecule has 0 atom stereocenters. The average molecular weight is 110 g/mol. The average Bonchev–Trinajstić information content (AvgIpc) is 1.00. The molecular weight excluding hydrogens is 102 g/mol. The summed E-state index contributed by atoms with van der Waals surface area (Å²) in [5.74, 6) is 0. The van der Waals surface area contributed by atoms with E-state index in [0.717, 1.165) is 0 Å². The Bertz CT molecular complexity index is 8.00. The van der Waals surface area contributed by atoms with Gasteiger partial charge in [-0.05, 0) is 10.1 Å². The second-order valence-electron chi connectivity index (χ2n) is 0. The van der Waals surface area contributed by atoms with Crippen LogP contribution in [0, 0.1) is 0 Å². The van der Waals surface area contributed by atoms with Crippen molar-refractivity contribution in [3.63, 3.8) is 0 Å². The Labute approximate surface area is 89.8 Å². The SMILES string of the molecule is B[SiH3].[KH].[MgH2]. The summed E-state index contributed by atoms with van der Waals surface area (Å²) in [6.07, 6.45) is 0. The maximum atomic E-state index is 2.14. The van der Waals surface area contributed by atoms with Crippen LogP contribution >= 0.6 is 0 Å². The molecule has 0 nitrogen and oxygen atoms in total. The van der Waals surface area contributed by atoms with Crippen LogP contribution in [0.15, 0.2) is 0 Å². The Morgan fingerprint density at radius 3 is 1.25 bits per heavy atom. The molecule has 0 amide bonds. The van der Waals surface area contributed by atoms with Crippen LogP contribution in [0.25, 0.3) is 0 Å². The van der Waals surface area contributed by atoms with E-state index in [1.165, 1.54) is 10.1 Å². The zero-order chi connectivity index (χ0) is 2.00. The monoisotopic (exact) mass is 110 g/mol. The molecule has 0 radical (unpaired) electrons. The predicted octanol–water partition coefficient (Wildman–Crippen LogP) is -3.66. The van der Waals surface area contributed by atoms with Crippen LogP contribution in [0.4, 0.5) is 0 Å². The third kappa shape index (κ3) is 8.82. The molecular formula is H8BKMgSi. The topological polar surface area (TPSA) is 0 Å². The van der Waals surface area contributed by atoms with Gasteiger partial charge in [-0.15, -0.1) is 0 Å². The molecule has 4 heavy (non-hydrogen) atoms. The summed E-state index contributed by atoms with van der Waals surface area (Å²) in [5, 5.41) is 0. The van der Waals surface area contributed by atoms with Crippen LogP contribution in [0.2, 0.25) is 0 Å². The van der Waals surface area contributed by atoms with Crippen molar-refractivity contribution in [3.05, 3.63) is 0 Å². The molecule has 0 N–H and O–H groups in total. The molecule has 0 aromatic heterocycles. The second-order valence-corrected chi connectivity index (χ2v) is 0. The quantitative estimate of drug-likeness (QED) is 0.282. The molecule has 0 heterocycles. The van der Waals surface area contributed by atoms with E-state index in [0.29, 0.717) is 0 Å². The maximum Gasteiger partial charge on any atom is 0.316 e. The van der Waals surface area contributed by atoms with Crippen molar-refractivity contribution in [1.29, 1.82) is 0 Å². The molecule has 0 unspecified atom stereocenters. The van der Waals surface area contributed by atoms with Gasteiger partial charge in [-0.25, -0.2) is 0 Å². The van der Waals surface area contributed by atoms with Crippen molar-refractivity contribution in [3.8, 4) is 0 Å². The van der Waals surface area contributed by atoms with Crippen molar-refractivity contribution in [2.24, 2.45) is 0 Å². The first kappa shape index (κ1) is 15.9. The molecule has 0 aliphatic rings. The fourth-order valence-corrected chi connectivity index (χ4v) is 0. The van der Waals surface area contributed by atoms with Gasteiger partial charge in [0.25, 0.3) is 0 Å². The molecule has 0 aromatic carbocycles. The summed E-state index contributed by atoms with van der Waals surface area (Å²) < 4.78 is 0. The third-order valence-electron chi connectivity index (χ3n) is 0. The fourth-order valence-electron chi connectivity index (χ4n) is 0. The molecule has 0 rings (SSSR count). The first-order valence-electron chi connectivity index (χ1n) is 1.00. The van der Waals surface area contributed by atoms with Crippen molar-refractivity contribution in [2.75, 3.05) is 0 Å². The zero-order valence-corrected chi connectivity index (χ0v) is 4.00. The zero-order valence-electron chi connectivity index (χ0n) is 2.00. The van der Waals surface area contributed by atoms with Crippen LogP contribution < -0.4 is 0 Å². The van der Waals surface area contributed by atoms with Gasteiger partial charge in [-0.1, -0.05) is 0 Å². The number of rotatable bonds is 0. The molecule has 0 saturated carbocycles. The molecule has 0 aliphatic heterocycles. The Kier molecular flexibility index (Phi) is 68.9. The molecule has 0 bridgehead atoms. The summed E-state index contributed by atoms with van der Waals surface area (Å²) in [4.78, 5) is 0. The maximum absolute atomic E-state index is 2.14. The molecule has 0 aromatic rings. The van der Waals surface area contributed by atoms with Gasteiger partial charge in [-0.3, -0.25) is 0 Å². The molecule has 0 spiro atoms. The smallest absolute Gasteiger partial charge is 0.316 e. The first-order valence-corrected chi connectivity index (χ1v) is 3.00. The molecule has 0 aliphatic carbocycles. The Morgan fingerprint density at radius 1 is 1.25 bits per heavy atom. The number of hydrogen-bond donors (Lipinski definition) is 0. The summed E-state index contributed by atoms with van der Waals surface area (Å²) in [7, 11) is 3.44. The van der Waals surface area contributed by atoms with Crippen LogP contribution in [0.5, 0.6) is 0 Å². The summed E-state index contributed by atoms with van der Waals surface area (Å²) in [6, 6.07) is 0. The molecule has 0 fully saturated rings. The van der Waals surface area contributed by atoms with Crippen LogP contribution in [-0.4, -0.2) is 92.0 Å². The van der Waals surface area contributed by atoms with Gasteiger partial charge in [-0.2, -0.15) is 0 Å². The van der Waals surface area contributed by atoms with Gasteiger partial charge in [0.1, 0.15) is 0 Å². The summed E-state index contributed by atoms with van der Waals surface area (Å²) >= 11 is 0. The van der Waals surface area contributed by atoms with Crippen molar-refractivity contribution in [1.82, 2.24) is 0 Å². The van der Waals surface area contributed by atoms with Gasteiger partial charge in [0.2, 0.25) is 0 Å². The van der Waals surface area contributed by atoms with Crippen LogP contribution in [0.3, 0.4) is 0 Å². The third-order valence-corrected chi connectivity index (χ3v) is 0. The van der Waals surface area contributed by atoms with Crippen LogP contribution in [0.1, 0.15) is 0 Å². The van der Waals surface area contributed by atoms with E-state index in [1.807, 2.05) is 0 Å². The van der Waals surface area contributed by atoms with E-state index in [-0.39, 0.29) is 74.4 Å². The summed E-state index contributed by atoms with van der Waals surface area (Å²) in [6.45, 7) is 0. The van der Waals surface area contributed by atoms with Crippen molar-refractivity contribution < 1.29 is 0 Å². The van der Waals surface area contributed by atoms with E-state index in [9.17, 15) is 0 Å². The fraction of sp³-hybridized carbons (Fsp3) is 0. The van der Waals surface area contributed by atoms with Gasteiger partial charge >= 0.3 is 74.4 Å². The van der Waals surface area contributed by atoms with Gasteiger partial charge in [0.15, 0.2) is 0 Å². The Hall–Kier alpha value is 2.68. The van der Waals surface area contributed by atoms with Gasteiger partial charge in [0.05, 0.1) is 7.44 Å². The standard InChI is InChI=1S/BH5Si.K.Mg.3H/c1-2;;;;;/h1H2,2H3;;;;;. The van der Waals surface area contributed by atoms with E-state index in [1.54, 1.807) is 0 Å². The van der Waals surface area contributed by atoms with Crippen molar-refractivity contribution in [2.45, 2.75) is 0 Å². The van der Waals surface area contributed by atoms with E-state index in [2.05, 4.69) is 7.44 Å². The van der Waals surface area contributed by atoms with Crippen LogP contribution in [-0.2, 0) is 0 Å². The van der Waals surface area contributed by atoms with E-state index < -0.39 is 0 Å². The minimum Gasteiger partial charge on any atom is 0.316 e. The van der Waals surface area contributed by atoms with Crippen molar-refractivity contribution >= 4 is 92.0 Å². The van der Waals surface area contributed by atoms with Gasteiger partial charge in [0, 0.05) is 0 Å². The predicted molar refractivity (Wildman–Crippen MR) is 34.2 cm³/mol. The second kappa shape index (κ2) is 17.3. The Morgan fingerprint density at radius 2 is 1.25 bits per heavy atom. The molecule has 18 valence electrons.